The lowest BCUT2D eigenvalue weighted by molar-refractivity contribution is 0.689. The van der Waals surface area contributed by atoms with Gasteiger partial charge in [0.2, 0.25) is 0 Å². The molecule has 1 aliphatic carbocycles. The van der Waals surface area contributed by atoms with E-state index in [0.717, 1.165) is 0 Å². The maximum Gasteiger partial charge on any atom is 0.103 e. The van der Waals surface area contributed by atoms with Crippen molar-refractivity contribution in [2.24, 2.45) is 4.99 Å². The molecule has 1 nitrogen and oxygen atoms in total. The van der Waals surface area contributed by atoms with Gasteiger partial charge in [0.15, 0.2) is 0 Å². The minimum absolute atomic E-state index is 0.307. The molecular weight excluding hydrogens is 158 g/mol. The van der Waals surface area contributed by atoms with Crippen molar-refractivity contribution in [1.29, 1.82) is 0 Å². The van der Waals surface area contributed by atoms with Crippen molar-refractivity contribution in [2.45, 2.75) is 31.2 Å². The van der Waals surface area contributed by atoms with Crippen LogP contribution in [0.25, 0.3) is 0 Å². The van der Waals surface area contributed by atoms with Crippen molar-refractivity contribution in [3.05, 3.63) is 35.9 Å². The first-order valence-corrected chi connectivity index (χ1v) is 5.07. The van der Waals surface area contributed by atoms with Gasteiger partial charge in [-0.15, -0.1) is 0 Å². The molecule has 1 fully saturated rings. The van der Waals surface area contributed by atoms with Crippen LogP contribution < -0.4 is 0 Å². The molecule has 1 spiro atoms. The molecule has 0 saturated heterocycles. The summed E-state index contributed by atoms with van der Waals surface area (Å²) < 4.78 is 0. The minimum atomic E-state index is 0.307. The second-order valence-electron chi connectivity index (χ2n) is 4.07. The summed E-state index contributed by atoms with van der Waals surface area (Å²) in [5.74, 6) is 0. The van der Waals surface area contributed by atoms with Gasteiger partial charge in [-0.2, -0.15) is 0 Å². The molecule has 3 rings (SSSR count). The Labute approximate surface area is 78.5 Å². The molecule has 1 aromatic carbocycles. The van der Waals surface area contributed by atoms with Gasteiger partial charge in [0.1, 0.15) is 5.54 Å². The molecule has 0 bridgehead atoms. The van der Waals surface area contributed by atoms with Gasteiger partial charge in [0.25, 0.3) is 0 Å². The Morgan fingerprint density at radius 3 is 2.38 bits per heavy atom. The van der Waals surface area contributed by atoms with E-state index in [1.165, 1.54) is 37.0 Å². The first-order valence-electron chi connectivity index (χ1n) is 5.07. The van der Waals surface area contributed by atoms with Crippen LogP contribution in [0.1, 0.15) is 31.2 Å². The van der Waals surface area contributed by atoms with Crippen molar-refractivity contribution in [3.63, 3.8) is 0 Å². The van der Waals surface area contributed by atoms with E-state index in [1.54, 1.807) is 0 Å². The molecule has 0 atom stereocenters. The van der Waals surface area contributed by atoms with Gasteiger partial charge in [-0.25, -0.2) is 0 Å². The molecule has 1 heterocycles. The smallest absolute Gasteiger partial charge is 0.103 e. The number of nitrogens with zero attached hydrogens (tertiary/aromatic N) is 1. The molecule has 0 N–H and O–H groups in total. The highest BCUT2D eigenvalue weighted by Crippen LogP contribution is 2.45. The Bertz CT molecular complexity index is 345. The van der Waals surface area contributed by atoms with E-state index in [0.29, 0.717) is 5.54 Å². The Balaban J connectivity index is 1.87. The van der Waals surface area contributed by atoms with Crippen molar-refractivity contribution >= 4 is 5.71 Å². The van der Waals surface area contributed by atoms with Gasteiger partial charge in [0.05, 0.1) is 5.71 Å². The standard InChI is InChI=1S/C12H13N/c1-2-6-10(7-3-1)11-12(13-11)8-4-5-9-12/h1-3,6-7H,4-5,8-9H2. The van der Waals surface area contributed by atoms with E-state index in [1.807, 2.05) is 0 Å². The largest absolute Gasteiger partial charge is 0.274 e. The van der Waals surface area contributed by atoms with Crippen LogP contribution >= 0.6 is 0 Å². The van der Waals surface area contributed by atoms with Crippen LogP contribution in [-0.4, -0.2) is 11.3 Å². The SMILES string of the molecule is c1ccc(C2=NC23CCCC3)cc1. The molecule has 1 saturated carbocycles. The Morgan fingerprint density at radius 2 is 1.69 bits per heavy atom. The molecule has 1 aromatic rings. The van der Waals surface area contributed by atoms with Crippen molar-refractivity contribution in [1.82, 2.24) is 0 Å². The van der Waals surface area contributed by atoms with E-state index in [2.05, 4.69) is 35.3 Å². The first-order chi connectivity index (χ1) is 6.41. The lowest BCUT2D eigenvalue weighted by Crippen LogP contribution is -2.13. The maximum atomic E-state index is 4.67. The summed E-state index contributed by atoms with van der Waals surface area (Å²) in [6.07, 6.45) is 5.30. The van der Waals surface area contributed by atoms with Crippen LogP contribution in [0, 0.1) is 0 Å². The Hall–Kier alpha value is -1.11. The topological polar surface area (TPSA) is 12.4 Å². The van der Waals surface area contributed by atoms with Crippen LogP contribution in [0.15, 0.2) is 35.3 Å². The van der Waals surface area contributed by atoms with E-state index in [4.69, 9.17) is 0 Å². The third-order valence-electron chi connectivity index (χ3n) is 3.19. The van der Waals surface area contributed by atoms with E-state index in [9.17, 15) is 0 Å². The second-order valence-corrected chi connectivity index (χ2v) is 4.07. The first kappa shape index (κ1) is 7.31. The zero-order valence-electron chi connectivity index (χ0n) is 7.66. The molecular formula is C12H13N. The van der Waals surface area contributed by atoms with E-state index < -0.39 is 0 Å². The summed E-state index contributed by atoms with van der Waals surface area (Å²) in [5, 5.41) is 0. The van der Waals surface area contributed by atoms with E-state index >= 15 is 0 Å². The molecule has 0 unspecified atom stereocenters. The van der Waals surface area contributed by atoms with Crippen molar-refractivity contribution in [3.8, 4) is 0 Å². The van der Waals surface area contributed by atoms with Crippen molar-refractivity contribution < 1.29 is 0 Å². The van der Waals surface area contributed by atoms with Gasteiger partial charge in [-0.05, 0) is 18.4 Å². The van der Waals surface area contributed by atoms with Gasteiger partial charge in [0, 0.05) is 0 Å². The molecule has 13 heavy (non-hydrogen) atoms. The van der Waals surface area contributed by atoms with Crippen LogP contribution in [-0.2, 0) is 0 Å². The number of aliphatic imine (C=N–C) groups is 1. The highest BCUT2D eigenvalue weighted by molar-refractivity contribution is 6.17. The fourth-order valence-corrected chi connectivity index (χ4v) is 2.42. The van der Waals surface area contributed by atoms with Crippen LogP contribution in [0.5, 0.6) is 0 Å². The lowest BCUT2D eigenvalue weighted by Gasteiger charge is -2.04. The monoisotopic (exact) mass is 171 g/mol. The Kier molecular flexibility index (Phi) is 1.37. The third-order valence-corrected chi connectivity index (χ3v) is 3.19. The predicted molar refractivity (Wildman–Crippen MR) is 54.2 cm³/mol. The summed E-state index contributed by atoms with van der Waals surface area (Å²) in [4.78, 5) is 4.67. The molecule has 0 radical (unpaired) electrons. The third kappa shape index (κ3) is 1.03. The summed E-state index contributed by atoms with van der Waals surface area (Å²) >= 11 is 0. The highest BCUT2D eigenvalue weighted by Gasteiger charge is 2.48. The molecule has 0 amide bonds. The zero-order valence-corrected chi connectivity index (χ0v) is 7.66. The molecule has 0 aromatic heterocycles. The quantitative estimate of drug-likeness (QED) is 0.616. The fraction of sp³-hybridized carbons (Fsp3) is 0.417. The summed E-state index contributed by atoms with van der Waals surface area (Å²) in [5.41, 5.74) is 3.01. The Morgan fingerprint density at radius 1 is 1.00 bits per heavy atom. The lowest BCUT2D eigenvalue weighted by atomic mass is 9.97. The number of rotatable bonds is 1. The number of hydrogen-bond donors (Lipinski definition) is 0. The second kappa shape index (κ2) is 2.44. The number of benzene rings is 1. The summed E-state index contributed by atoms with van der Waals surface area (Å²) in [7, 11) is 0. The average Bonchev–Trinajstić information content (AvgIpc) is 2.66. The van der Waals surface area contributed by atoms with Crippen LogP contribution in [0.3, 0.4) is 0 Å². The van der Waals surface area contributed by atoms with Gasteiger partial charge in [-0.1, -0.05) is 43.2 Å². The van der Waals surface area contributed by atoms with Crippen molar-refractivity contribution in [2.75, 3.05) is 0 Å². The van der Waals surface area contributed by atoms with E-state index in [-0.39, 0.29) is 0 Å². The average molecular weight is 171 g/mol. The molecule has 1 heteroatoms. The molecule has 2 aliphatic rings. The van der Waals surface area contributed by atoms with Crippen LogP contribution in [0.2, 0.25) is 0 Å². The van der Waals surface area contributed by atoms with Crippen LogP contribution in [0.4, 0.5) is 0 Å². The van der Waals surface area contributed by atoms with Gasteiger partial charge in [-0.3, -0.25) is 4.99 Å². The molecule has 1 aliphatic heterocycles. The maximum absolute atomic E-state index is 4.67. The normalized spacial score (nSPS) is 23.2. The number of hydrogen-bond acceptors (Lipinski definition) is 1. The zero-order chi connectivity index (χ0) is 8.73. The minimum Gasteiger partial charge on any atom is -0.274 e. The van der Waals surface area contributed by atoms with Gasteiger partial charge < -0.3 is 0 Å². The molecule has 66 valence electrons. The van der Waals surface area contributed by atoms with Gasteiger partial charge >= 0.3 is 0 Å². The summed E-state index contributed by atoms with van der Waals surface area (Å²) in [6, 6.07) is 10.6. The summed E-state index contributed by atoms with van der Waals surface area (Å²) in [6.45, 7) is 0. The predicted octanol–water partition coefficient (Wildman–Crippen LogP) is 2.80. The highest BCUT2D eigenvalue weighted by atomic mass is 15.1. The fourth-order valence-electron chi connectivity index (χ4n) is 2.42.